The number of halogens is 1. The lowest BCUT2D eigenvalue weighted by molar-refractivity contribution is 0.590. The lowest BCUT2D eigenvalue weighted by Gasteiger charge is -2.44. The maximum absolute atomic E-state index is 15.1. The van der Waals surface area contributed by atoms with Crippen molar-refractivity contribution in [1.82, 2.24) is 0 Å². The maximum atomic E-state index is 15.1. The molecule has 0 spiro atoms. The molecule has 0 aliphatic carbocycles. The molecule has 11 aromatic rings. The minimum Gasteiger partial charge on any atom is -0.468 e. The zero-order chi connectivity index (χ0) is 61.1. The van der Waals surface area contributed by atoms with Crippen molar-refractivity contribution in [3.8, 4) is 22.3 Å². The fraction of sp³-hybridized carbons (Fsp3) is 0.225. The van der Waals surface area contributed by atoms with Crippen LogP contribution in [0, 0.1) is 5.82 Å². The molecule has 4 nitrogen and oxygen atoms in total. The van der Waals surface area contributed by atoms with Gasteiger partial charge in [0.2, 0.25) is 0 Å². The summed E-state index contributed by atoms with van der Waals surface area (Å²) in [6.07, 6.45) is 0. The Kier molecular flexibility index (Phi) is 13.9. The topological polar surface area (TPSA) is 22.9 Å². The molecule has 2 aliphatic rings. The summed E-state index contributed by atoms with van der Waals surface area (Å²) in [4.78, 5) is 7.58. The standard InChI is InChI=1S/C80H79BFN3OSi/c1-77(2,3)54-29-37-59(38-30-54)83(68-28-22-21-27-64(68)52-23-17-15-18-24-52)61-41-44-67-70(49-61)85(69-45-33-56(79(7,8)9)47-65(69)53-25-19-16-20-26-53)72-51-63(87(13,14)62-42-35-58(82)36-43-62)50-71-74(72)81(67)76-75(66-48-57(80(10,11)12)34-46-73(66)86-76)84(71)60-39-31-55(32-40-60)78(4,5)6/h15-51H,1-14H3. The molecule has 0 radical (unpaired) electrons. The molecular formula is C80H79BFN3OSi. The van der Waals surface area contributed by atoms with Crippen LogP contribution in [-0.2, 0) is 21.7 Å². The number of benzene rings is 10. The predicted molar refractivity (Wildman–Crippen MR) is 374 cm³/mol. The number of hydrogen-bond acceptors (Lipinski definition) is 4. The van der Waals surface area contributed by atoms with Crippen LogP contribution in [0.5, 0.6) is 0 Å². The summed E-state index contributed by atoms with van der Waals surface area (Å²) < 4.78 is 22.7. The summed E-state index contributed by atoms with van der Waals surface area (Å²) in [5, 5.41) is 3.47. The van der Waals surface area contributed by atoms with Crippen molar-refractivity contribution in [2.45, 2.75) is 118 Å². The van der Waals surface area contributed by atoms with Crippen molar-refractivity contribution in [1.29, 1.82) is 0 Å². The highest BCUT2D eigenvalue weighted by molar-refractivity contribution is 7.02. The molecule has 3 heterocycles. The number of furan rings is 1. The SMILES string of the molecule is CC(C)(C)c1ccc(N(c2ccc3c(c2)N(c2ccc(C(C)(C)C)cc2-c2ccccc2)c2cc([Si](C)(C)c4ccc(F)cc4)cc4c2B3c2oc3ccc(C(C)(C)C)cc3c2N4c2ccc(C(C)(C)C)cc2)c2ccccc2-c2ccccc2)cc1. The zero-order valence-corrected chi connectivity index (χ0v) is 54.1. The Morgan fingerprint density at radius 3 is 1.55 bits per heavy atom. The molecule has 0 saturated carbocycles. The van der Waals surface area contributed by atoms with Crippen molar-refractivity contribution in [3.63, 3.8) is 0 Å². The van der Waals surface area contributed by atoms with E-state index in [1.807, 2.05) is 12.1 Å². The van der Waals surface area contributed by atoms with Gasteiger partial charge in [-0.1, -0.05) is 240 Å². The molecule has 2 aliphatic heterocycles. The normalized spacial score (nSPS) is 13.4. The molecule has 0 amide bonds. The largest absolute Gasteiger partial charge is 0.468 e. The second-order valence-electron chi connectivity index (χ2n) is 28.8. The first-order chi connectivity index (χ1) is 41.3. The summed E-state index contributed by atoms with van der Waals surface area (Å²) in [5.74, 6) is -0.234. The van der Waals surface area contributed by atoms with E-state index in [2.05, 4.69) is 311 Å². The summed E-state index contributed by atoms with van der Waals surface area (Å²) in [6, 6.07) is 82.4. The van der Waals surface area contributed by atoms with E-state index < -0.39 is 8.07 Å². The predicted octanol–water partition coefficient (Wildman–Crippen LogP) is 19.5. The van der Waals surface area contributed by atoms with Crippen LogP contribution in [0.2, 0.25) is 13.1 Å². The molecule has 1 aromatic heterocycles. The minimum absolute atomic E-state index is 0.0366. The van der Waals surface area contributed by atoms with Crippen LogP contribution in [0.25, 0.3) is 33.2 Å². The van der Waals surface area contributed by atoms with E-state index in [1.165, 1.54) is 32.9 Å². The molecule has 13 rings (SSSR count). The van der Waals surface area contributed by atoms with Gasteiger partial charge >= 0.3 is 0 Å². The first kappa shape index (κ1) is 57.4. The Hall–Kier alpha value is -8.65. The van der Waals surface area contributed by atoms with Crippen LogP contribution in [-0.4, -0.2) is 14.8 Å². The number of fused-ring (bicyclic) bond motifs is 6. The summed E-state index contributed by atoms with van der Waals surface area (Å²) in [6.45, 7) is 32.0. The van der Waals surface area contributed by atoms with Gasteiger partial charge < -0.3 is 19.1 Å². The Morgan fingerprint density at radius 2 is 0.943 bits per heavy atom. The first-order valence-corrected chi connectivity index (χ1v) is 34.0. The van der Waals surface area contributed by atoms with E-state index in [4.69, 9.17) is 4.42 Å². The van der Waals surface area contributed by atoms with Crippen LogP contribution in [0.4, 0.5) is 55.6 Å². The molecule has 0 unspecified atom stereocenters. The van der Waals surface area contributed by atoms with Crippen molar-refractivity contribution in [3.05, 3.63) is 253 Å². The molecule has 0 fully saturated rings. The fourth-order valence-electron chi connectivity index (χ4n) is 13.2. The zero-order valence-electron chi connectivity index (χ0n) is 53.1. The van der Waals surface area contributed by atoms with Gasteiger partial charge in [0.05, 0.1) is 22.7 Å². The highest BCUT2D eigenvalue weighted by Gasteiger charge is 2.48. The van der Waals surface area contributed by atoms with Crippen molar-refractivity contribution in [2.24, 2.45) is 0 Å². The van der Waals surface area contributed by atoms with Gasteiger partial charge in [-0.15, -0.1) is 0 Å². The third-order valence-electron chi connectivity index (χ3n) is 18.5. The second kappa shape index (κ2) is 21.1. The van der Waals surface area contributed by atoms with Gasteiger partial charge in [0, 0.05) is 50.6 Å². The monoisotopic (exact) mass is 1160 g/mol. The third-order valence-corrected chi connectivity index (χ3v) is 22.0. The number of anilines is 9. The molecular weight excluding hydrogens is 1080 g/mol. The smallest absolute Gasteiger partial charge is 0.297 e. The molecule has 7 heteroatoms. The minimum atomic E-state index is -2.67. The number of para-hydroxylation sites is 1. The molecule has 0 saturated heterocycles. The first-order valence-electron chi connectivity index (χ1n) is 31.0. The van der Waals surface area contributed by atoms with E-state index >= 15 is 4.39 Å². The third kappa shape index (κ3) is 10.2. The summed E-state index contributed by atoms with van der Waals surface area (Å²) >= 11 is 0. The van der Waals surface area contributed by atoms with Crippen molar-refractivity contribution in [2.75, 3.05) is 14.7 Å². The van der Waals surface area contributed by atoms with Gasteiger partial charge in [-0.3, -0.25) is 0 Å². The fourth-order valence-corrected chi connectivity index (χ4v) is 15.5. The highest BCUT2D eigenvalue weighted by atomic mass is 28.3. The van der Waals surface area contributed by atoms with Gasteiger partial charge in [0.15, 0.2) is 0 Å². The Balaban J connectivity index is 1.18. The quantitative estimate of drug-likeness (QED) is 0.134. The Morgan fingerprint density at radius 1 is 0.425 bits per heavy atom. The Bertz CT molecular complexity index is 4410. The van der Waals surface area contributed by atoms with E-state index in [1.54, 1.807) is 12.1 Å². The van der Waals surface area contributed by atoms with E-state index in [-0.39, 0.29) is 34.2 Å². The highest BCUT2D eigenvalue weighted by Crippen LogP contribution is 2.51. The number of hydrogen-bond donors (Lipinski definition) is 0. The van der Waals surface area contributed by atoms with Crippen molar-refractivity contribution < 1.29 is 8.81 Å². The molecule has 87 heavy (non-hydrogen) atoms. The van der Waals surface area contributed by atoms with Gasteiger partial charge in [0.25, 0.3) is 6.71 Å². The Labute approximate surface area is 517 Å². The average Bonchev–Trinajstić information content (AvgIpc) is 1.68. The van der Waals surface area contributed by atoms with Crippen LogP contribution in [0.1, 0.15) is 105 Å². The average molecular weight is 1160 g/mol. The molecule has 434 valence electrons. The molecule has 10 aromatic carbocycles. The van der Waals surface area contributed by atoms with E-state index in [0.717, 1.165) is 101 Å². The van der Waals surface area contributed by atoms with Crippen LogP contribution >= 0.6 is 0 Å². The van der Waals surface area contributed by atoms with Gasteiger partial charge in [-0.2, -0.15) is 0 Å². The van der Waals surface area contributed by atoms with Crippen LogP contribution < -0.4 is 41.7 Å². The van der Waals surface area contributed by atoms with Gasteiger partial charge in [-0.25, -0.2) is 4.39 Å². The molecule has 0 bridgehead atoms. The van der Waals surface area contributed by atoms with Gasteiger partial charge in [0.1, 0.15) is 19.5 Å². The number of rotatable bonds is 9. The summed E-state index contributed by atoms with van der Waals surface area (Å²) in [5.41, 5.74) is 22.9. The second-order valence-corrected chi connectivity index (χ2v) is 33.2. The van der Waals surface area contributed by atoms with Crippen LogP contribution in [0.3, 0.4) is 0 Å². The van der Waals surface area contributed by atoms with Crippen LogP contribution in [0.15, 0.2) is 229 Å². The lowest BCUT2D eigenvalue weighted by atomic mass is 9.35. The van der Waals surface area contributed by atoms with E-state index in [9.17, 15) is 0 Å². The summed E-state index contributed by atoms with van der Waals surface area (Å²) in [7, 11) is -2.67. The van der Waals surface area contributed by atoms with Gasteiger partial charge in [-0.05, 0) is 157 Å². The van der Waals surface area contributed by atoms with E-state index in [0.29, 0.717) is 0 Å². The lowest BCUT2D eigenvalue weighted by Crippen LogP contribution is -2.62. The molecule has 0 N–H and O–H groups in total. The number of nitrogens with zero attached hydrogens (tertiary/aromatic N) is 3. The maximum Gasteiger partial charge on any atom is 0.297 e. The molecule has 0 atom stereocenters. The van der Waals surface area contributed by atoms with Crippen molar-refractivity contribution >= 4 is 104 Å².